The summed E-state index contributed by atoms with van der Waals surface area (Å²) in [5, 5.41) is 2.04. The summed E-state index contributed by atoms with van der Waals surface area (Å²) in [7, 11) is 0. The van der Waals surface area contributed by atoms with Gasteiger partial charge in [-0.15, -0.1) is 11.3 Å². The molecule has 1 nitrogen and oxygen atoms in total. The van der Waals surface area contributed by atoms with Crippen LogP contribution in [0.5, 0.6) is 0 Å². The van der Waals surface area contributed by atoms with E-state index in [0.717, 1.165) is 12.8 Å². The lowest BCUT2D eigenvalue weighted by molar-refractivity contribution is -0.121. The van der Waals surface area contributed by atoms with Crippen LogP contribution in [-0.4, -0.2) is 5.78 Å². The molecule has 1 aromatic rings. The van der Waals surface area contributed by atoms with Crippen molar-refractivity contribution in [3.63, 3.8) is 0 Å². The summed E-state index contributed by atoms with van der Waals surface area (Å²) in [6.07, 6.45) is 12.9. The van der Waals surface area contributed by atoms with Gasteiger partial charge in [0.2, 0.25) is 0 Å². The molecule has 2 saturated carbocycles. The molecule has 100 valence electrons. The zero-order valence-electron chi connectivity index (χ0n) is 11.2. The number of hydrogen-bond acceptors (Lipinski definition) is 2. The van der Waals surface area contributed by atoms with Crippen molar-refractivity contribution in [2.45, 2.75) is 64.2 Å². The van der Waals surface area contributed by atoms with Crippen molar-refractivity contribution < 1.29 is 4.79 Å². The van der Waals surface area contributed by atoms with Crippen LogP contribution < -0.4 is 0 Å². The van der Waals surface area contributed by atoms with Crippen molar-refractivity contribution in [3.8, 4) is 0 Å². The minimum Gasteiger partial charge on any atom is -0.299 e. The van der Waals surface area contributed by atoms with Crippen LogP contribution in [0, 0.1) is 5.92 Å². The molecule has 0 amide bonds. The maximum atomic E-state index is 11.7. The van der Waals surface area contributed by atoms with E-state index in [1.807, 2.05) is 11.4 Å². The normalized spacial score (nSPS) is 19.6. The fourth-order valence-electron chi connectivity index (χ4n) is 2.86. The SMILES string of the molecule is C1CCCC1.O=C(Cc1cccs1)C1CCCC1. The van der Waals surface area contributed by atoms with E-state index in [0.29, 0.717) is 18.1 Å². The lowest BCUT2D eigenvalue weighted by Gasteiger charge is -2.05. The highest BCUT2D eigenvalue weighted by Gasteiger charge is 2.22. The van der Waals surface area contributed by atoms with Gasteiger partial charge in [0.25, 0.3) is 0 Å². The highest BCUT2D eigenvalue weighted by molar-refractivity contribution is 7.10. The first kappa shape index (κ1) is 13.8. The first-order chi connectivity index (χ1) is 8.86. The van der Waals surface area contributed by atoms with Gasteiger partial charge in [-0.2, -0.15) is 0 Å². The van der Waals surface area contributed by atoms with Gasteiger partial charge in [-0.05, 0) is 24.3 Å². The van der Waals surface area contributed by atoms with Gasteiger partial charge in [-0.3, -0.25) is 4.79 Å². The molecular formula is C16H24OS. The second kappa shape index (κ2) is 7.73. The molecule has 2 aliphatic carbocycles. The summed E-state index contributed by atoms with van der Waals surface area (Å²) < 4.78 is 0. The van der Waals surface area contributed by atoms with E-state index in [9.17, 15) is 4.79 Å². The van der Waals surface area contributed by atoms with Crippen molar-refractivity contribution in [1.82, 2.24) is 0 Å². The average molecular weight is 264 g/mol. The molecule has 2 aliphatic rings. The Balaban J connectivity index is 0.000000202. The Morgan fingerprint density at radius 1 is 1.06 bits per heavy atom. The second-order valence-electron chi connectivity index (χ2n) is 5.47. The lowest BCUT2D eigenvalue weighted by Crippen LogP contribution is -2.12. The zero-order valence-corrected chi connectivity index (χ0v) is 12.0. The molecule has 2 heteroatoms. The second-order valence-corrected chi connectivity index (χ2v) is 6.50. The van der Waals surface area contributed by atoms with E-state index >= 15 is 0 Å². The van der Waals surface area contributed by atoms with Crippen LogP contribution >= 0.6 is 11.3 Å². The van der Waals surface area contributed by atoms with Crippen molar-refractivity contribution in [2.24, 2.45) is 5.92 Å². The molecule has 0 spiro atoms. The van der Waals surface area contributed by atoms with Gasteiger partial charge in [0, 0.05) is 17.2 Å². The molecule has 0 atom stereocenters. The largest absolute Gasteiger partial charge is 0.299 e. The van der Waals surface area contributed by atoms with E-state index < -0.39 is 0 Å². The molecular weight excluding hydrogens is 240 g/mol. The maximum Gasteiger partial charge on any atom is 0.141 e. The van der Waals surface area contributed by atoms with Crippen LogP contribution in [0.4, 0.5) is 0 Å². The molecule has 2 fully saturated rings. The predicted octanol–water partition coefficient (Wildman–Crippen LogP) is 5.00. The molecule has 0 N–H and O–H groups in total. The van der Waals surface area contributed by atoms with Crippen molar-refractivity contribution in [3.05, 3.63) is 22.4 Å². The maximum absolute atomic E-state index is 11.7. The zero-order chi connectivity index (χ0) is 12.6. The molecule has 0 saturated heterocycles. The van der Waals surface area contributed by atoms with Crippen LogP contribution in [0.15, 0.2) is 17.5 Å². The van der Waals surface area contributed by atoms with E-state index in [1.165, 1.54) is 49.8 Å². The summed E-state index contributed by atoms with van der Waals surface area (Å²) in [4.78, 5) is 12.9. The Morgan fingerprint density at radius 3 is 2.17 bits per heavy atom. The molecule has 18 heavy (non-hydrogen) atoms. The topological polar surface area (TPSA) is 17.1 Å². The minimum atomic E-state index is 0.377. The standard InChI is InChI=1S/C11H14OS.C5H10/c12-11(9-4-1-2-5-9)8-10-6-3-7-13-10;1-2-4-5-3-1/h3,6-7,9H,1-2,4-5,8H2;1-5H2. The summed E-state index contributed by atoms with van der Waals surface area (Å²) >= 11 is 1.69. The predicted molar refractivity (Wildman–Crippen MR) is 78.1 cm³/mol. The summed E-state index contributed by atoms with van der Waals surface area (Å²) in [6, 6.07) is 4.07. The number of ketones is 1. The van der Waals surface area contributed by atoms with Crippen LogP contribution in [0.1, 0.15) is 62.7 Å². The first-order valence-corrected chi connectivity index (χ1v) is 8.29. The summed E-state index contributed by atoms with van der Waals surface area (Å²) in [5.74, 6) is 0.835. The minimum absolute atomic E-state index is 0.377. The van der Waals surface area contributed by atoms with E-state index in [-0.39, 0.29) is 0 Å². The molecule has 1 heterocycles. The van der Waals surface area contributed by atoms with E-state index in [4.69, 9.17) is 0 Å². The Kier molecular flexibility index (Phi) is 5.92. The van der Waals surface area contributed by atoms with Gasteiger partial charge in [0.15, 0.2) is 0 Å². The van der Waals surface area contributed by atoms with Gasteiger partial charge in [0.1, 0.15) is 5.78 Å². The number of thiophene rings is 1. The monoisotopic (exact) mass is 264 g/mol. The van der Waals surface area contributed by atoms with Crippen LogP contribution in [0.3, 0.4) is 0 Å². The average Bonchev–Trinajstić information content (AvgIpc) is 3.15. The summed E-state index contributed by atoms with van der Waals surface area (Å²) in [5.41, 5.74) is 0. The fourth-order valence-corrected chi connectivity index (χ4v) is 3.58. The number of carbonyl (C=O) groups is 1. The molecule has 3 rings (SSSR count). The molecule has 0 aliphatic heterocycles. The summed E-state index contributed by atoms with van der Waals surface area (Å²) in [6.45, 7) is 0. The molecule has 0 unspecified atom stereocenters. The fraction of sp³-hybridized carbons (Fsp3) is 0.688. The van der Waals surface area contributed by atoms with Crippen molar-refractivity contribution in [1.29, 1.82) is 0 Å². The third-order valence-electron chi connectivity index (χ3n) is 3.99. The third kappa shape index (κ3) is 4.56. The van der Waals surface area contributed by atoms with Crippen LogP contribution in [0.25, 0.3) is 0 Å². The Bertz CT molecular complexity index is 324. The number of carbonyl (C=O) groups excluding carboxylic acids is 1. The highest BCUT2D eigenvalue weighted by atomic mass is 32.1. The van der Waals surface area contributed by atoms with Gasteiger partial charge >= 0.3 is 0 Å². The van der Waals surface area contributed by atoms with Gasteiger partial charge in [-0.1, -0.05) is 51.0 Å². The first-order valence-electron chi connectivity index (χ1n) is 7.41. The Morgan fingerprint density at radius 2 is 1.67 bits per heavy atom. The van der Waals surface area contributed by atoms with Gasteiger partial charge in [0.05, 0.1) is 0 Å². The smallest absolute Gasteiger partial charge is 0.141 e. The molecule has 1 aromatic heterocycles. The van der Waals surface area contributed by atoms with E-state index in [1.54, 1.807) is 11.3 Å². The van der Waals surface area contributed by atoms with Gasteiger partial charge < -0.3 is 0 Å². The van der Waals surface area contributed by atoms with Gasteiger partial charge in [-0.25, -0.2) is 0 Å². The molecule has 0 aromatic carbocycles. The lowest BCUT2D eigenvalue weighted by atomic mass is 10.00. The van der Waals surface area contributed by atoms with Crippen LogP contribution in [-0.2, 0) is 11.2 Å². The Hall–Kier alpha value is -0.630. The quantitative estimate of drug-likeness (QED) is 0.750. The van der Waals surface area contributed by atoms with Crippen LogP contribution in [0.2, 0.25) is 0 Å². The molecule has 0 bridgehead atoms. The van der Waals surface area contributed by atoms with Crippen molar-refractivity contribution >= 4 is 17.1 Å². The number of rotatable bonds is 3. The van der Waals surface area contributed by atoms with E-state index in [2.05, 4.69) is 6.07 Å². The third-order valence-corrected chi connectivity index (χ3v) is 4.87. The van der Waals surface area contributed by atoms with Crippen molar-refractivity contribution in [2.75, 3.05) is 0 Å². The number of Topliss-reactive ketones (excluding diaryl/α,β-unsaturated/α-hetero) is 1. The highest BCUT2D eigenvalue weighted by Crippen LogP contribution is 2.27. The molecule has 0 radical (unpaired) electrons. The Labute approximate surface area is 115 Å². The number of hydrogen-bond donors (Lipinski definition) is 0.